The van der Waals surface area contributed by atoms with Crippen molar-refractivity contribution in [1.29, 1.82) is 0 Å². The first-order valence-corrected chi connectivity index (χ1v) is 9.28. The number of nitrogens with one attached hydrogen (secondary N) is 1. The van der Waals surface area contributed by atoms with Gasteiger partial charge in [0.2, 0.25) is 0 Å². The molecule has 3 aromatic rings. The molecule has 7 heteroatoms. The fourth-order valence-electron chi connectivity index (χ4n) is 2.92. The van der Waals surface area contributed by atoms with E-state index in [1.54, 1.807) is 7.05 Å². The fourth-order valence-corrected chi connectivity index (χ4v) is 2.92. The van der Waals surface area contributed by atoms with E-state index in [9.17, 15) is 14.7 Å². The summed E-state index contributed by atoms with van der Waals surface area (Å²) in [6.45, 7) is 0.413. The number of ether oxygens (including phenoxy) is 1. The Kier molecular flexibility index (Phi) is 6.76. The number of alkyl carbamates (subject to hydrolysis) is 1. The van der Waals surface area contributed by atoms with E-state index < -0.39 is 6.09 Å². The van der Waals surface area contributed by atoms with Gasteiger partial charge in [0.05, 0.1) is 18.4 Å². The van der Waals surface area contributed by atoms with Crippen LogP contribution in [0.2, 0.25) is 0 Å². The van der Waals surface area contributed by atoms with Crippen molar-refractivity contribution in [3.8, 4) is 11.1 Å². The number of hydrogen-bond acceptors (Lipinski definition) is 5. The molecule has 1 heterocycles. The molecule has 0 bridgehead atoms. The number of aliphatic hydroxyl groups is 1. The predicted molar refractivity (Wildman–Crippen MR) is 109 cm³/mol. The molecule has 29 heavy (non-hydrogen) atoms. The molecule has 1 amide bonds. The van der Waals surface area contributed by atoms with Gasteiger partial charge in [-0.2, -0.15) is 5.10 Å². The van der Waals surface area contributed by atoms with Gasteiger partial charge in [-0.05, 0) is 23.1 Å². The molecule has 0 radical (unpaired) electrons. The number of aromatic nitrogens is 2. The van der Waals surface area contributed by atoms with E-state index in [4.69, 9.17) is 4.74 Å². The van der Waals surface area contributed by atoms with Crippen LogP contribution in [0, 0.1) is 0 Å². The highest BCUT2D eigenvalue weighted by atomic mass is 16.5. The standard InChI is InChI=1S/C22H23N3O4/c1-25-21(27)20(19(14-26)13-24-25)18-9-7-16(8-10-18)11-12-23-22(28)29-15-17-5-3-2-4-6-17/h2-10,13,26H,11-12,14-15H2,1H3,(H,23,28). The monoisotopic (exact) mass is 393 g/mol. The average molecular weight is 393 g/mol. The van der Waals surface area contributed by atoms with Gasteiger partial charge in [0.1, 0.15) is 6.61 Å². The number of nitrogens with zero attached hydrogens (tertiary/aromatic N) is 2. The third kappa shape index (κ3) is 5.30. The maximum atomic E-state index is 12.4. The van der Waals surface area contributed by atoms with E-state index >= 15 is 0 Å². The third-order valence-electron chi connectivity index (χ3n) is 4.52. The molecule has 2 aromatic carbocycles. The molecule has 0 fully saturated rings. The van der Waals surface area contributed by atoms with Gasteiger partial charge in [0.25, 0.3) is 5.56 Å². The second kappa shape index (κ2) is 9.66. The Morgan fingerprint density at radius 2 is 1.83 bits per heavy atom. The van der Waals surface area contributed by atoms with Crippen LogP contribution >= 0.6 is 0 Å². The largest absolute Gasteiger partial charge is 0.445 e. The Labute approximate surface area is 168 Å². The van der Waals surface area contributed by atoms with Gasteiger partial charge in [0, 0.05) is 19.2 Å². The van der Waals surface area contributed by atoms with Crippen LogP contribution in [0.25, 0.3) is 11.1 Å². The highest BCUT2D eigenvalue weighted by molar-refractivity contribution is 5.67. The number of amides is 1. The molecule has 0 aliphatic rings. The maximum Gasteiger partial charge on any atom is 0.407 e. The molecule has 0 saturated carbocycles. The Hall–Kier alpha value is -3.45. The van der Waals surface area contributed by atoms with Gasteiger partial charge in [0.15, 0.2) is 0 Å². The predicted octanol–water partition coefficient (Wildman–Crippen LogP) is 2.41. The smallest absolute Gasteiger partial charge is 0.407 e. The second-order valence-electron chi connectivity index (χ2n) is 6.57. The van der Waals surface area contributed by atoms with Crippen LogP contribution in [-0.2, 0) is 31.4 Å². The lowest BCUT2D eigenvalue weighted by atomic mass is 10.0. The van der Waals surface area contributed by atoms with E-state index in [0.29, 0.717) is 24.1 Å². The van der Waals surface area contributed by atoms with Crippen molar-refractivity contribution in [2.75, 3.05) is 6.54 Å². The zero-order valence-corrected chi connectivity index (χ0v) is 16.2. The number of rotatable bonds is 7. The molecular weight excluding hydrogens is 370 g/mol. The van der Waals surface area contributed by atoms with Gasteiger partial charge >= 0.3 is 6.09 Å². The second-order valence-corrected chi connectivity index (χ2v) is 6.57. The minimum absolute atomic E-state index is 0.232. The van der Waals surface area contributed by atoms with E-state index in [-0.39, 0.29) is 18.8 Å². The quantitative estimate of drug-likeness (QED) is 0.643. The lowest BCUT2D eigenvalue weighted by Gasteiger charge is -2.10. The van der Waals surface area contributed by atoms with Crippen LogP contribution in [0.15, 0.2) is 65.6 Å². The number of aryl methyl sites for hydroxylation is 1. The zero-order chi connectivity index (χ0) is 20.6. The highest BCUT2D eigenvalue weighted by Crippen LogP contribution is 2.20. The summed E-state index contributed by atoms with van der Waals surface area (Å²) >= 11 is 0. The van der Waals surface area contributed by atoms with Crippen molar-refractivity contribution in [2.24, 2.45) is 7.05 Å². The SMILES string of the molecule is Cn1ncc(CO)c(-c2ccc(CCNC(=O)OCc3ccccc3)cc2)c1=O. The minimum atomic E-state index is -0.460. The first-order valence-electron chi connectivity index (χ1n) is 9.28. The Balaban J connectivity index is 1.54. The summed E-state index contributed by atoms with van der Waals surface area (Å²) in [7, 11) is 1.57. The molecule has 0 spiro atoms. The van der Waals surface area contributed by atoms with Crippen molar-refractivity contribution >= 4 is 6.09 Å². The summed E-state index contributed by atoms with van der Waals surface area (Å²) in [5, 5.41) is 16.2. The summed E-state index contributed by atoms with van der Waals surface area (Å²) in [6, 6.07) is 16.9. The molecule has 0 saturated heterocycles. The number of aliphatic hydroxyl groups excluding tert-OH is 1. The molecule has 0 aliphatic heterocycles. The molecule has 0 aliphatic carbocycles. The Morgan fingerprint density at radius 3 is 2.52 bits per heavy atom. The van der Waals surface area contributed by atoms with Crippen molar-refractivity contribution in [3.63, 3.8) is 0 Å². The number of carbonyl (C=O) groups is 1. The third-order valence-corrected chi connectivity index (χ3v) is 4.52. The molecule has 1 aromatic heterocycles. The average Bonchev–Trinajstić information content (AvgIpc) is 2.75. The van der Waals surface area contributed by atoms with Crippen LogP contribution in [0.3, 0.4) is 0 Å². The van der Waals surface area contributed by atoms with E-state index in [0.717, 1.165) is 16.7 Å². The first kappa shape index (κ1) is 20.3. The minimum Gasteiger partial charge on any atom is -0.445 e. The Morgan fingerprint density at radius 1 is 1.10 bits per heavy atom. The highest BCUT2D eigenvalue weighted by Gasteiger charge is 2.11. The topological polar surface area (TPSA) is 93.5 Å². The van der Waals surface area contributed by atoms with Crippen LogP contribution < -0.4 is 10.9 Å². The lowest BCUT2D eigenvalue weighted by Crippen LogP contribution is -2.26. The fraction of sp³-hybridized carbons (Fsp3) is 0.227. The molecule has 7 nitrogen and oxygen atoms in total. The van der Waals surface area contributed by atoms with Crippen LogP contribution in [0.4, 0.5) is 4.79 Å². The van der Waals surface area contributed by atoms with Crippen LogP contribution in [-0.4, -0.2) is 27.5 Å². The van der Waals surface area contributed by atoms with Crippen molar-refractivity contribution in [1.82, 2.24) is 15.1 Å². The molecule has 0 atom stereocenters. The molecular formula is C22H23N3O4. The summed E-state index contributed by atoms with van der Waals surface area (Å²) in [6.07, 6.45) is 1.66. The normalized spacial score (nSPS) is 10.6. The number of carbonyl (C=O) groups excluding carboxylic acids is 1. The van der Waals surface area contributed by atoms with Crippen molar-refractivity contribution in [2.45, 2.75) is 19.6 Å². The first-order chi connectivity index (χ1) is 14.1. The van der Waals surface area contributed by atoms with E-state index in [1.807, 2.05) is 54.6 Å². The van der Waals surface area contributed by atoms with Gasteiger partial charge in [-0.15, -0.1) is 0 Å². The lowest BCUT2D eigenvalue weighted by molar-refractivity contribution is 0.140. The molecule has 3 rings (SSSR count). The van der Waals surface area contributed by atoms with Crippen molar-refractivity contribution < 1.29 is 14.6 Å². The van der Waals surface area contributed by atoms with E-state index in [2.05, 4.69) is 10.4 Å². The van der Waals surface area contributed by atoms with Crippen molar-refractivity contribution in [3.05, 3.63) is 87.8 Å². The Bertz CT molecular complexity index is 1010. The summed E-state index contributed by atoms with van der Waals surface area (Å²) in [4.78, 5) is 24.2. The van der Waals surface area contributed by atoms with Crippen LogP contribution in [0.5, 0.6) is 0 Å². The molecule has 150 valence electrons. The maximum absolute atomic E-state index is 12.4. The zero-order valence-electron chi connectivity index (χ0n) is 16.2. The molecule has 0 unspecified atom stereocenters. The van der Waals surface area contributed by atoms with Gasteiger partial charge in [-0.3, -0.25) is 4.79 Å². The van der Waals surface area contributed by atoms with Gasteiger partial charge in [-0.25, -0.2) is 9.48 Å². The number of hydrogen-bond donors (Lipinski definition) is 2. The van der Waals surface area contributed by atoms with Gasteiger partial charge in [-0.1, -0.05) is 54.6 Å². The van der Waals surface area contributed by atoms with E-state index in [1.165, 1.54) is 10.9 Å². The molecule has 2 N–H and O–H groups in total. The summed E-state index contributed by atoms with van der Waals surface area (Å²) in [5.74, 6) is 0. The van der Waals surface area contributed by atoms with Crippen LogP contribution in [0.1, 0.15) is 16.7 Å². The summed E-state index contributed by atoms with van der Waals surface area (Å²) < 4.78 is 6.42. The van der Waals surface area contributed by atoms with Gasteiger partial charge < -0.3 is 15.2 Å². The number of benzene rings is 2. The summed E-state index contributed by atoms with van der Waals surface area (Å²) in [5.41, 5.74) is 3.34.